The molecule has 144 valence electrons. The summed E-state index contributed by atoms with van der Waals surface area (Å²) in [4.78, 5) is 39.0. The Kier molecular flexibility index (Phi) is 5.10. The fourth-order valence-corrected chi connectivity index (χ4v) is 3.78. The maximum absolute atomic E-state index is 12.8. The Labute approximate surface area is 163 Å². The zero-order valence-corrected chi connectivity index (χ0v) is 15.5. The minimum atomic E-state index is -0.766. The number of esters is 1. The number of amides is 2. The Hall–Kier alpha value is -3.15. The Morgan fingerprint density at radius 1 is 0.964 bits per heavy atom. The van der Waals surface area contributed by atoms with Crippen LogP contribution in [0.25, 0.3) is 0 Å². The molecule has 2 aliphatic heterocycles. The van der Waals surface area contributed by atoms with Crippen molar-refractivity contribution in [3.05, 3.63) is 71.3 Å². The quantitative estimate of drug-likeness (QED) is 0.831. The average Bonchev–Trinajstić information content (AvgIpc) is 2.74. The summed E-state index contributed by atoms with van der Waals surface area (Å²) in [6, 6.07) is 16.4. The lowest BCUT2D eigenvalue weighted by Crippen LogP contribution is -2.51. The molecule has 28 heavy (non-hydrogen) atoms. The van der Waals surface area contributed by atoms with Gasteiger partial charge in [0.05, 0.1) is 5.56 Å². The van der Waals surface area contributed by atoms with Crippen LogP contribution in [0.3, 0.4) is 0 Å². The van der Waals surface area contributed by atoms with E-state index < -0.39 is 12.1 Å². The summed E-state index contributed by atoms with van der Waals surface area (Å²) in [6.45, 7) is 1.07. The van der Waals surface area contributed by atoms with Gasteiger partial charge in [0.15, 0.2) is 6.10 Å². The van der Waals surface area contributed by atoms with Gasteiger partial charge in [-0.05, 0) is 36.6 Å². The summed E-state index contributed by atoms with van der Waals surface area (Å²) in [6.07, 6.45) is 1.01. The second kappa shape index (κ2) is 7.84. The maximum Gasteiger partial charge on any atom is 0.339 e. The molecule has 1 atom stereocenters. The number of carbonyl (C=O) groups excluding carboxylic acids is 3. The van der Waals surface area contributed by atoms with E-state index in [-0.39, 0.29) is 17.9 Å². The average molecular weight is 378 g/mol. The minimum absolute atomic E-state index is 0.0337. The first-order chi connectivity index (χ1) is 13.6. The van der Waals surface area contributed by atoms with Crippen LogP contribution >= 0.6 is 0 Å². The van der Waals surface area contributed by atoms with Gasteiger partial charge in [0, 0.05) is 31.1 Å². The normalized spacial score (nSPS) is 19.5. The summed E-state index contributed by atoms with van der Waals surface area (Å²) in [5.41, 5.74) is 2.02. The number of rotatable bonds is 3. The number of fused-ring (bicyclic) bond motifs is 1. The van der Waals surface area contributed by atoms with E-state index in [0.29, 0.717) is 43.5 Å². The van der Waals surface area contributed by atoms with Gasteiger partial charge in [-0.15, -0.1) is 0 Å². The van der Waals surface area contributed by atoms with Crippen LogP contribution in [0.15, 0.2) is 54.6 Å². The lowest BCUT2D eigenvalue weighted by atomic mass is 9.97. The SMILES string of the molecule is O=C(NC1CCN(C(=O)C2Cc3ccccc3C(=O)O2)CC1)c1ccccc1. The molecule has 0 aromatic heterocycles. The molecule has 0 saturated carbocycles. The number of nitrogens with zero attached hydrogens (tertiary/aromatic N) is 1. The van der Waals surface area contributed by atoms with Gasteiger partial charge >= 0.3 is 5.97 Å². The topological polar surface area (TPSA) is 75.7 Å². The number of nitrogens with one attached hydrogen (secondary N) is 1. The molecule has 6 heteroatoms. The Balaban J connectivity index is 1.32. The molecule has 2 amide bonds. The molecule has 0 spiro atoms. The second-order valence-corrected chi connectivity index (χ2v) is 7.19. The van der Waals surface area contributed by atoms with Crippen molar-refractivity contribution in [2.45, 2.75) is 31.4 Å². The third-order valence-corrected chi connectivity index (χ3v) is 5.35. The second-order valence-electron chi connectivity index (χ2n) is 7.19. The van der Waals surface area contributed by atoms with Gasteiger partial charge in [-0.3, -0.25) is 9.59 Å². The lowest BCUT2D eigenvalue weighted by Gasteiger charge is -2.35. The van der Waals surface area contributed by atoms with Crippen molar-refractivity contribution in [2.75, 3.05) is 13.1 Å². The van der Waals surface area contributed by atoms with Crippen LogP contribution in [0.1, 0.15) is 39.1 Å². The van der Waals surface area contributed by atoms with Crippen molar-refractivity contribution in [1.82, 2.24) is 10.2 Å². The van der Waals surface area contributed by atoms with Gasteiger partial charge in [0.1, 0.15) is 0 Å². The van der Waals surface area contributed by atoms with Gasteiger partial charge in [0.25, 0.3) is 11.8 Å². The van der Waals surface area contributed by atoms with E-state index in [0.717, 1.165) is 5.56 Å². The molecule has 1 unspecified atom stereocenters. The van der Waals surface area contributed by atoms with Gasteiger partial charge in [-0.25, -0.2) is 4.79 Å². The lowest BCUT2D eigenvalue weighted by molar-refractivity contribution is -0.142. The molecule has 0 radical (unpaired) electrons. The molecular weight excluding hydrogens is 356 g/mol. The highest BCUT2D eigenvalue weighted by Crippen LogP contribution is 2.23. The van der Waals surface area contributed by atoms with Crippen molar-refractivity contribution in [3.8, 4) is 0 Å². The predicted molar refractivity (Wildman–Crippen MR) is 103 cm³/mol. The summed E-state index contributed by atoms with van der Waals surface area (Å²) in [5, 5.41) is 3.03. The number of benzene rings is 2. The molecule has 1 saturated heterocycles. The first-order valence-corrected chi connectivity index (χ1v) is 9.55. The standard InChI is InChI=1S/C22H22N2O4/c25-20(15-6-2-1-3-7-15)23-17-10-12-24(13-11-17)21(26)19-14-16-8-4-5-9-18(16)22(27)28-19/h1-9,17,19H,10-14H2,(H,23,25). The largest absolute Gasteiger partial charge is 0.448 e. The number of cyclic esters (lactones) is 1. The van der Waals surface area contributed by atoms with Crippen LogP contribution in [0.2, 0.25) is 0 Å². The van der Waals surface area contributed by atoms with E-state index in [2.05, 4.69) is 5.32 Å². The Morgan fingerprint density at radius 3 is 2.39 bits per heavy atom. The highest BCUT2D eigenvalue weighted by molar-refractivity contribution is 5.96. The molecule has 2 aliphatic rings. The fraction of sp³-hybridized carbons (Fsp3) is 0.318. The molecule has 1 fully saturated rings. The molecule has 2 heterocycles. The van der Waals surface area contributed by atoms with E-state index >= 15 is 0 Å². The third kappa shape index (κ3) is 3.76. The van der Waals surface area contributed by atoms with E-state index in [1.54, 1.807) is 29.2 Å². The summed E-state index contributed by atoms with van der Waals surface area (Å²) in [7, 11) is 0. The first kappa shape index (κ1) is 18.2. The molecule has 4 rings (SSSR count). The van der Waals surface area contributed by atoms with E-state index in [1.807, 2.05) is 30.3 Å². The van der Waals surface area contributed by atoms with Crippen molar-refractivity contribution in [2.24, 2.45) is 0 Å². The fourth-order valence-electron chi connectivity index (χ4n) is 3.78. The molecule has 1 N–H and O–H groups in total. The minimum Gasteiger partial charge on any atom is -0.448 e. The highest BCUT2D eigenvalue weighted by atomic mass is 16.5. The zero-order chi connectivity index (χ0) is 19.5. The van der Waals surface area contributed by atoms with Crippen molar-refractivity contribution in [3.63, 3.8) is 0 Å². The summed E-state index contributed by atoms with van der Waals surface area (Å²) < 4.78 is 5.38. The van der Waals surface area contributed by atoms with E-state index in [4.69, 9.17) is 4.74 Å². The number of ether oxygens (including phenoxy) is 1. The van der Waals surface area contributed by atoms with Crippen LogP contribution in [-0.2, 0) is 16.0 Å². The smallest absolute Gasteiger partial charge is 0.339 e. The number of carbonyl (C=O) groups is 3. The molecule has 6 nitrogen and oxygen atoms in total. The summed E-state index contributed by atoms with van der Waals surface area (Å²) >= 11 is 0. The molecule has 0 aliphatic carbocycles. The molecule has 2 aromatic rings. The highest BCUT2D eigenvalue weighted by Gasteiger charge is 2.35. The van der Waals surface area contributed by atoms with Crippen LogP contribution in [-0.4, -0.2) is 47.9 Å². The van der Waals surface area contributed by atoms with Crippen molar-refractivity contribution < 1.29 is 19.1 Å². The van der Waals surface area contributed by atoms with Crippen molar-refractivity contribution >= 4 is 17.8 Å². The van der Waals surface area contributed by atoms with Gasteiger partial charge in [-0.2, -0.15) is 0 Å². The zero-order valence-electron chi connectivity index (χ0n) is 15.5. The molecular formula is C22H22N2O4. The number of hydrogen-bond donors (Lipinski definition) is 1. The number of likely N-dealkylation sites (tertiary alicyclic amines) is 1. The number of hydrogen-bond acceptors (Lipinski definition) is 4. The van der Waals surface area contributed by atoms with Crippen LogP contribution in [0.5, 0.6) is 0 Å². The van der Waals surface area contributed by atoms with Gasteiger partial charge < -0.3 is 15.0 Å². The van der Waals surface area contributed by atoms with E-state index in [9.17, 15) is 14.4 Å². The monoisotopic (exact) mass is 378 g/mol. The summed E-state index contributed by atoms with van der Waals surface area (Å²) in [5.74, 6) is -0.691. The Morgan fingerprint density at radius 2 is 1.64 bits per heavy atom. The van der Waals surface area contributed by atoms with Crippen LogP contribution in [0, 0.1) is 0 Å². The van der Waals surface area contributed by atoms with Crippen LogP contribution in [0.4, 0.5) is 0 Å². The van der Waals surface area contributed by atoms with Gasteiger partial charge in [-0.1, -0.05) is 36.4 Å². The third-order valence-electron chi connectivity index (χ3n) is 5.35. The Bertz CT molecular complexity index is 888. The molecule has 2 aromatic carbocycles. The van der Waals surface area contributed by atoms with Gasteiger partial charge in [0.2, 0.25) is 0 Å². The number of piperidine rings is 1. The van der Waals surface area contributed by atoms with Crippen molar-refractivity contribution in [1.29, 1.82) is 0 Å². The molecule has 0 bridgehead atoms. The maximum atomic E-state index is 12.8. The first-order valence-electron chi connectivity index (χ1n) is 9.55. The van der Waals surface area contributed by atoms with Crippen LogP contribution < -0.4 is 5.32 Å². The van der Waals surface area contributed by atoms with E-state index in [1.165, 1.54) is 0 Å². The predicted octanol–water partition coefficient (Wildman–Crippen LogP) is 2.19.